The number of rotatable bonds is 7. The number of methoxy groups -OCH3 is 1. The molecule has 1 N–H and O–H groups in total. The van der Waals surface area contributed by atoms with Crippen LogP contribution in [0.1, 0.15) is 17.5 Å². The van der Waals surface area contributed by atoms with Crippen LogP contribution in [0.4, 0.5) is 4.39 Å². The Balaban J connectivity index is 1.42. The normalized spacial score (nSPS) is 19.5. The second-order valence-electron chi connectivity index (χ2n) is 7.53. The first kappa shape index (κ1) is 19.9. The third-order valence-corrected chi connectivity index (χ3v) is 5.57. The first-order valence-corrected chi connectivity index (χ1v) is 9.94. The van der Waals surface area contributed by atoms with Crippen LogP contribution >= 0.6 is 0 Å². The lowest BCUT2D eigenvalue weighted by molar-refractivity contribution is 0.0499. The molecule has 1 fully saturated rings. The number of nitrogens with zero attached hydrogens (tertiary/aromatic N) is 2. The van der Waals surface area contributed by atoms with Gasteiger partial charge in [0.2, 0.25) is 12.5 Å². The summed E-state index contributed by atoms with van der Waals surface area (Å²) in [5, 5.41) is 9.55. The highest BCUT2D eigenvalue weighted by Gasteiger charge is 2.28. The Hall–Kier alpha value is -2.35. The van der Waals surface area contributed by atoms with Gasteiger partial charge in [-0.05, 0) is 41.8 Å². The molecule has 0 unspecified atom stereocenters. The maximum absolute atomic E-state index is 13.2. The molecule has 4 rings (SSSR count). The number of aliphatic hydroxyl groups is 1. The zero-order chi connectivity index (χ0) is 20.2. The van der Waals surface area contributed by atoms with Gasteiger partial charge in [0.25, 0.3) is 0 Å². The summed E-state index contributed by atoms with van der Waals surface area (Å²) in [5.74, 6) is 1.86. The molecule has 0 aliphatic carbocycles. The number of piperazine rings is 1. The fraction of sp³-hybridized carbons (Fsp3) is 0.455. The number of fused-ring (bicyclic) bond motifs is 1. The lowest BCUT2D eigenvalue weighted by atomic mass is 10.1. The fourth-order valence-electron chi connectivity index (χ4n) is 4.09. The summed E-state index contributed by atoms with van der Waals surface area (Å²) in [4.78, 5) is 4.76. The zero-order valence-electron chi connectivity index (χ0n) is 16.6. The summed E-state index contributed by atoms with van der Waals surface area (Å²) < 4.78 is 29.6. The van der Waals surface area contributed by atoms with E-state index in [0.717, 1.165) is 49.6 Å². The van der Waals surface area contributed by atoms with Crippen molar-refractivity contribution in [3.05, 3.63) is 53.3 Å². The van der Waals surface area contributed by atoms with Crippen molar-refractivity contribution in [3.63, 3.8) is 0 Å². The van der Waals surface area contributed by atoms with Gasteiger partial charge in [-0.3, -0.25) is 9.80 Å². The second-order valence-corrected chi connectivity index (χ2v) is 7.53. The van der Waals surface area contributed by atoms with Gasteiger partial charge in [0, 0.05) is 45.4 Å². The molecule has 0 radical (unpaired) electrons. The molecular formula is C22H27FN2O4. The lowest BCUT2D eigenvalue weighted by Crippen LogP contribution is -2.52. The van der Waals surface area contributed by atoms with Gasteiger partial charge in [0.15, 0.2) is 11.5 Å². The van der Waals surface area contributed by atoms with Crippen molar-refractivity contribution in [2.45, 2.75) is 25.6 Å². The van der Waals surface area contributed by atoms with Crippen molar-refractivity contribution < 1.29 is 23.7 Å². The van der Waals surface area contributed by atoms with Crippen LogP contribution in [-0.4, -0.2) is 61.1 Å². The monoisotopic (exact) mass is 402 g/mol. The van der Waals surface area contributed by atoms with E-state index in [1.54, 1.807) is 7.11 Å². The molecule has 2 aliphatic rings. The fourth-order valence-corrected chi connectivity index (χ4v) is 4.09. The smallest absolute Gasteiger partial charge is 0.231 e. The zero-order valence-corrected chi connectivity index (χ0v) is 16.6. The van der Waals surface area contributed by atoms with Gasteiger partial charge in [-0.2, -0.15) is 0 Å². The van der Waals surface area contributed by atoms with Gasteiger partial charge in [-0.25, -0.2) is 4.39 Å². The van der Waals surface area contributed by atoms with Gasteiger partial charge in [-0.1, -0.05) is 12.1 Å². The molecule has 0 saturated carbocycles. The van der Waals surface area contributed by atoms with E-state index < -0.39 is 0 Å². The highest BCUT2D eigenvalue weighted by Crippen LogP contribution is 2.42. The van der Waals surface area contributed by atoms with Crippen LogP contribution in [0.25, 0.3) is 0 Å². The Morgan fingerprint density at radius 1 is 1.10 bits per heavy atom. The van der Waals surface area contributed by atoms with Crippen molar-refractivity contribution in [1.82, 2.24) is 9.80 Å². The molecule has 6 nitrogen and oxygen atoms in total. The number of aliphatic hydroxyl groups excluding tert-OH is 1. The van der Waals surface area contributed by atoms with Gasteiger partial charge in [-0.15, -0.1) is 0 Å². The molecule has 0 bridgehead atoms. The van der Waals surface area contributed by atoms with E-state index in [1.165, 1.54) is 12.1 Å². The molecule has 0 spiro atoms. The van der Waals surface area contributed by atoms with Gasteiger partial charge >= 0.3 is 0 Å². The summed E-state index contributed by atoms with van der Waals surface area (Å²) in [5.41, 5.74) is 2.20. The Morgan fingerprint density at radius 2 is 1.93 bits per heavy atom. The van der Waals surface area contributed by atoms with E-state index in [-0.39, 0.29) is 25.3 Å². The predicted octanol–water partition coefficient (Wildman–Crippen LogP) is 2.63. The summed E-state index contributed by atoms with van der Waals surface area (Å²) >= 11 is 0. The molecule has 2 aromatic carbocycles. The van der Waals surface area contributed by atoms with E-state index in [0.29, 0.717) is 17.9 Å². The molecule has 2 aliphatic heterocycles. The minimum absolute atomic E-state index is 0.149. The molecule has 1 atom stereocenters. The molecule has 7 heteroatoms. The topological polar surface area (TPSA) is 54.4 Å². The third kappa shape index (κ3) is 4.63. The highest BCUT2D eigenvalue weighted by molar-refractivity contribution is 5.55. The Labute approximate surface area is 170 Å². The van der Waals surface area contributed by atoms with E-state index in [4.69, 9.17) is 14.2 Å². The Bertz CT molecular complexity index is 830. The number of hydrogen-bond acceptors (Lipinski definition) is 6. The van der Waals surface area contributed by atoms with Crippen molar-refractivity contribution >= 4 is 0 Å². The van der Waals surface area contributed by atoms with Crippen molar-refractivity contribution in [2.24, 2.45) is 0 Å². The van der Waals surface area contributed by atoms with Crippen LogP contribution < -0.4 is 14.2 Å². The molecule has 0 aromatic heterocycles. The van der Waals surface area contributed by atoms with Crippen molar-refractivity contribution in [2.75, 3.05) is 40.1 Å². The SMILES string of the molecule is COc1cc(CN2CCN(Cc3ccc(F)cc3)[C@@H](CCO)C2)cc2c1OCO2. The third-order valence-electron chi connectivity index (χ3n) is 5.57. The quantitative estimate of drug-likeness (QED) is 0.769. The average molecular weight is 402 g/mol. The lowest BCUT2D eigenvalue weighted by Gasteiger charge is -2.41. The van der Waals surface area contributed by atoms with Crippen molar-refractivity contribution in [1.29, 1.82) is 0 Å². The maximum Gasteiger partial charge on any atom is 0.231 e. The van der Waals surface area contributed by atoms with Crippen LogP contribution in [0.15, 0.2) is 36.4 Å². The molecular weight excluding hydrogens is 375 g/mol. The number of halogens is 1. The van der Waals surface area contributed by atoms with Crippen molar-refractivity contribution in [3.8, 4) is 17.2 Å². The van der Waals surface area contributed by atoms with Crippen LogP contribution in [-0.2, 0) is 13.1 Å². The van der Waals surface area contributed by atoms with Crippen LogP contribution in [0.5, 0.6) is 17.2 Å². The number of ether oxygens (including phenoxy) is 3. The minimum Gasteiger partial charge on any atom is -0.493 e. The van der Waals surface area contributed by atoms with E-state index in [1.807, 2.05) is 24.3 Å². The van der Waals surface area contributed by atoms with Gasteiger partial charge < -0.3 is 19.3 Å². The maximum atomic E-state index is 13.2. The molecule has 0 amide bonds. The van der Waals surface area contributed by atoms with Gasteiger partial charge in [0.1, 0.15) is 5.82 Å². The first-order valence-electron chi connectivity index (χ1n) is 9.94. The largest absolute Gasteiger partial charge is 0.493 e. The first-order chi connectivity index (χ1) is 14.2. The van der Waals surface area contributed by atoms with Crippen LogP contribution in [0.2, 0.25) is 0 Å². The Kier molecular flexibility index (Phi) is 6.18. The average Bonchev–Trinajstić information content (AvgIpc) is 3.20. The van der Waals surface area contributed by atoms with Crippen LogP contribution in [0, 0.1) is 5.82 Å². The number of benzene rings is 2. The summed E-state index contributed by atoms with van der Waals surface area (Å²) in [6.45, 7) is 4.57. The van der Waals surface area contributed by atoms with Gasteiger partial charge in [0.05, 0.1) is 7.11 Å². The number of hydrogen-bond donors (Lipinski definition) is 1. The second kappa shape index (κ2) is 8.98. The highest BCUT2D eigenvalue weighted by atomic mass is 19.1. The molecule has 29 heavy (non-hydrogen) atoms. The van der Waals surface area contributed by atoms with Crippen LogP contribution in [0.3, 0.4) is 0 Å². The summed E-state index contributed by atoms with van der Waals surface area (Å²) in [6, 6.07) is 10.9. The summed E-state index contributed by atoms with van der Waals surface area (Å²) in [7, 11) is 1.63. The van der Waals surface area contributed by atoms with E-state index in [9.17, 15) is 9.50 Å². The standard InChI is InChI=1S/C22H27FN2O4/c1-27-20-10-17(11-21-22(20)29-15-28-21)12-24-7-8-25(19(14-24)6-9-26)13-16-2-4-18(23)5-3-16/h2-5,10-11,19,26H,6-9,12-15H2,1H3/t19-/m0/s1. The molecule has 2 heterocycles. The van der Waals surface area contributed by atoms with E-state index >= 15 is 0 Å². The molecule has 2 aromatic rings. The summed E-state index contributed by atoms with van der Waals surface area (Å²) in [6.07, 6.45) is 0.710. The predicted molar refractivity (Wildman–Crippen MR) is 107 cm³/mol. The van der Waals surface area contributed by atoms with E-state index in [2.05, 4.69) is 9.80 Å². The molecule has 156 valence electrons. The minimum atomic E-state index is -0.218. The Morgan fingerprint density at radius 3 is 2.69 bits per heavy atom. The molecule has 1 saturated heterocycles.